The minimum absolute atomic E-state index is 0.287. The van der Waals surface area contributed by atoms with E-state index in [1.807, 2.05) is 0 Å². The number of amides is 2. The van der Waals surface area contributed by atoms with Crippen LogP contribution in [0.5, 0.6) is 0 Å². The molecule has 0 radical (unpaired) electrons. The molecule has 0 aliphatic heterocycles. The average molecular weight is 336 g/mol. The predicted octanol–water partition coefficient (Wildman–Crippen LogP) is 3.26. The summed E-state index contributed by atoms with van der Waals surface area (Å²) in [6.07, 6.45) is 3.52. The van der Waals surface area contributed by atoms with Gasteiger partial charge in [0.25, 0.3) is 11.8 Å². The lowest BCUT2D eigenvalue weighted by molar-refractivity contribution is 0.100. The molecular formula is C16H14F2N2O2S. The van der Waals surface area contributed by atoms with Crippen molar-refractivity contribution in [1.29, 1.82) is 0 Å². The van der Waals surface area contributed by atoms with Crippen molar-refractivity contribution in [1.82, 2.24) is 0 Å². The highest BCUT2D eigenvalue weighted by Gasteiger charge is 2.25. The lowest BCUT2D eigenvalue weighted by Gasteiger charge is -2.11. The summed E-state index contributed by atoms with van der Waals surface area (Å²) in [6.45, 7) is 0. The van der Waals surface area contributed by atoms with Crippen LogP contribution < -0.4 is 11.1 Å². The van der Waals surface area contributed by atoms with E-state index in [1.165, 1.54) is 11.3 Å². The standard InChI is InChI=1S/C16H14F2N2O2S/c17-8-5-6-11(18)10(7-8)15(22)20-16-13(14(19)21)9-3-1-2-4-12(9)23-16/h5-7H,1-4H2,(H2,19,21)(H,20,22). The minimum atomic E-state index is -0.828. The van der Waals surface area contributed by atoms with E-state index >= 15 is 0 Å². The summed E-state index contributed by atoms with van der Waals surface area (Å²) in [5, 5.41) is 2.81. The molecule has 23 heavy (non-hydrogen) atoms. The molecule has 3 rings (SSSR count). The maximum atomic E-state index is 13.7. The van der Waals surface area contributed by atoms with Crippen LogP contribution in [0, 0.1) is 11.6 Å². The Bertz CT molecular complexity index is 802. The number of carbonyl (C=O) groups is 2. The van der Waals surface area contributed by atoms with E-state index in [4.69, 9.17) is 5.73 Å². The molecule has 2 amide bonds. The van der Waals surface area contributed by atoms with Crippen molar-refractivity contribution in [2.24, 2.45) is 5.73 Å². The quantitative estimate of drug-likeness (QED) is 0.903. The van der Waals surface area contributed by atoms with Gasteiger partial charge in [0, 0.05) is 4.88 Å². The van der Waals surface area contributed by atoms with E-state index in [1.54, 1.807) is 0 Å². The molecule has 1 aromatic heterocycles. The summed E-state index contributed by atoms with van der Waals surface area (Å²) in [7, 11) is 0. The zero-order valence-electron chi connectivity index (χ0n) is 12.1. The van der Waals surface area contributed by atoms with E-state index in [-0.39, 0.29) is 5.56 Å². The zero-order valence-corrected chi connectivity index (χ0v) is 12.9. The van der Waals surface area contributed by atoms with Gasteiger partial charge in [-0.05, 0) is 49.4 Å². The Morgan fingerprint density at radius 2 is 1.91 bits per heavy atom. The van der Waals surface area contributed by atoms with Gasteiger partial charge in [0.2, 0.25) is 0 Å². The average Bonchev–Trinajstić information content (AvgIpc) is 2.87. The Kier molecular flexibility index (Phi) is 4.12. The number of halogens is 2. The van der Waals surface area contributed by atoms with Crippen LogP contribution in [0.3, 0.4) is 0 Å². The van der Waals surface area contributed by atoms with Crippen LogP contribution in [0.25, 0.3) is 0 Å². The molecule has 4 nitrogen and oxygen atoms in total. The molecule has 0 bridgehead atoms. The monoisotopic (exact) mass is 336 g/mol. The van der Waals surface area contributed by atoms with Gasteiger partial charge in [0.1, 0.15) is 16.6 Å². The second-order valence-corrected chi connectivity index (χ2v) is 6.46. The number of hydrogen-bond donors (Lipinski definition) is 2. The third-order valence-electron chi connectivity index (χ3n) is 3.82. The number of carbonyl (C=O) groups excluding carboxylic acids is 2. The number of primary amides is 1. The lowest BCUT2D eigenvalue weighted by Crippen LogP contribution is -2.19. The van der Waals surface area contributed by atoms with Crippen molar-refractivity contribution in [2.75, 3.05) is 5.32 Å². The van der Waals surface area contributed by atoms with Gasteiger partial charge in [0.05, 0.1) is 11.1 Å². The Labute approximate surface area is 135 Å². The van der Waals surface area contributed by atoms with Crippen molar-refractivity contribution in [3.63, 3.8) is 0 Å². The van der Waals surface area contributed by atoms with Crippen LogP contribution in [0.2, 0.25) is 0 Å². The highest BCUT2D eigenvalue weighted by Crippen LogP contribution is 2.38. The highest BCUT2D eigenvalue weighted by molar-refractivity contribution is 7.17. The Balaban J connectivity index is 1.96. The maximum Gasteiger partial charge on any atom is 0.259 e. The Morgan fingerprint density at radius 1 is 1.17 bits per heavy atom. The third-order valence-corrected chi connectivity index (χ3v) is 5.03. The number of rotatable bonds is 3. The van der Waals surface area contributed by atoms with Crippen molar-refractivity contribution in [2.45, 2.75) is 25.7 Å². The number of hydrogen-bond acceptors (Lipinski definition) is 3. The number of nitrogens with one attached hydrogen (secondary N) is 1. The zero-order chi connectivity index (χ0) is 16.6. The molecule has 0 saturated heterocycles. The Morgan fingerprint density at radius 3 is 2.65 bits per heavy atom. The molecule has 3 N–H and O–H groups in total. The first-order chi connectivity index (χ1) is 11.0. The first kappa shape index (κ1) is 15.6. The van der Waals surface area contributed by atoms with Gasteiger partial charge in [-0.3, -0.25) is 9.59 Å². The van der Waals surface area contributed by atoms with Crippen LogP contribution in [0.1, 0.15) is 44.0 Å². The van der Waals surface area contributed by atoms with Crippen molar-refractivity contribution >= 4 is 28.2 Å². The fourth-order valence-corrected chi connectivity index (χ4v) is 4.05. The molecule has 2 aromatic rings. The Hall–Kier alpha value is -2.28. The summed E-state index contributed by atoms with van der Waals surface area (Å²) in [6, 6.07) is 2.64. The van der Waals surface area contributed by atoms with Crippen LogP contribution in [0.15, 0.2) is 18.2 Å². The van der Waals surface area contributed by atoms with Gasteiger partial charge in [-0.1, -0.05) is 0 Å². The normalized spacial score (nSPS) is 13.5. The second-order valence-electron chi connectivity index (χ2n) is 5.36. The molecule has 0 unspecified atom stereocenters. The highest BCUT2D eigenvalue weighted by atomic mass is 32.1. The van der Waals surface area contributed by atoms with Crippen molar-refractivity contribution in [3.05, 3.63) is 51.4 Å². The van der Waals surface area contributed by atoms with Crippen molar-refractivity contribution < 1.29 is 18.4 Å². The molecule has 0 atom stereocenters. The van der Waals surface area contributed by atoms with Crippen LogP contribution in [0.4, 0.5) is 13.8 Å². The molecule has 7 heteroatoms. The molecule has 1 heterocycles. The topological polar surface area (TPSA) is 72.2 Å². The number of anilines is 1. The molecule has 1 aliphatic rings. The van der Waals surface area contributed by atoms with Gasteiger partial charge in [-0.15, -0.1) is 11.3 Å². The summed E-state index contributed by atoms with van der Waals surface area (Å²) in [5.74, 6) is -2.97. The van der Waals surface area contributed by atoms with Crippen LogP contribution in [-0.2, 0) is 12.8 Å². The van der Waals surface area contributed by atoms with Gasteiger partial charge in [-0.2, -0.15) is 0 Å². The van der Waals surface area contributed by atoms with Crippen LogP contribution >= 0.6 is 11.3 Å². The van der Waals surface area contributed by atoms with E-state index < -0.39 is 29.0 Å². The van der Waals surface area contributed by atoms with E-state index in [2.05, 4.69) is 5.32 Å². The summed E-state index contributed by atoms with van der Waals surface area (Å²) in [5.41, 5.74) is 6.17. The van der Waals surface area contributed by atoms with Gasteiger partial charge >= 0.3 is 0 Å². The molecule has 0 fully saturated rings. The predicted molar refractivity (Wildman–Crippen MR) is 83.8 cm³/mol. The molecule has 0 spiro atoms. The number of aryl methyl sites for hydroxylation is 1. The maximum absolute atomic E-state index is 13.7. The largest absolute Gasteiger partial charge is 0.365 e. The van der Waals surface area contributed by atoms with Crippen LogP contribution in [-0.4, -0.2) is 11.8 Å². The summed E-state index contributed by atoms with van der Waals surface area (Å²) in [4.78, 5) is 25.0. The summed E-state index contributed by atoms with van der Waals surface area (Å²) < 4.78 is 26.9. The number of benzene rings is 1. The molecular weight excluding hydrogens is 322 g/mol. The number of thiophene rings is 1. The van der Waals surface area contributed by atoms with E-state index in [0.717, 1.165) is 54.3 Å². The lowest BCUT2D eigenvalue weighted by atomic mass is 9.95. The molecule has 1 aromatic carbocycles. The van der Waals surface area contributed by atoms with Gasteiger partial charge in [0.15, 0.2) is 0 Å². The fourth-order valence-electron chi connectivity index (χ4n) is 2.76. The fraction of sp³-hybridized carbons (Fsp3) is 0.250. The van der Waals surface area contributed by atoms with Gasteiger partial charge in [-0.25, -0.2) is 8.78 Å². The second kappa shape index (κ2) is 6.08. The first-order valence-corrected chi connectivity index (χ1v) is 7.99. The number of nitrogens with two attached hydrogens (primary N) is 1. The van der Waals surface area contributed by atoms with E-state index in [9.17, 15) is 18.4 Å². The SMILES string of the molecule is NC(=O)c1c(NC(=O)c2cc(F)ccc2F)sc2c1CCCC2. The number of fused-ring (bicyclic) bond motifs is 1. The smallest absolute Gasteiger partial charge is 0.259 e. The molecule has 1 aliphatic carbocycles. The van der Waals surface area contributed by atoms with E-state index in [0.29, 0.717) is 5.00 Å². The van der Waals surface area contributed by atoms with Crippen molar-refractivity contribution in [3.8, 4) is 0 Å². The van der Waals surface area contributed by atoms with Gasteiger partial charge < -0.3 is 11.1 Å². The first-order valence-electron chi connectivity index (χ1n) is 7.18. The minimum Gasteiger partial charge on any atom is -0.365 e. The summed E-state index contributed by atoms with van der Waals surface area (Å²) >= 11 is 1.27. The molecule has 0 saturated carbocycles. The third kappa shape index (κ3) is 2.96. The molecule has 120 valence electrons.